The van der Waals surface area contributed by atoms with Crippen LogP contribution in [0.15, 0.2) is 11.1 Å². The van der Waals surface area contributed by atoms with Gasteiger partial charge in [0.25, 0.3) is 0 Å². The first-order chi connectivity index (χ1) is 6.92. The van der Waals surface area contributed by atoms with E-state index in [4.69, 9.17) is 5.73 Å². The van der Waals surface area contributed by atoms with Gasteiger partial charge in [-0.1, -0.05) is 6.92 Å². The summed E-state index contributed by atoms with van der Waals surface area (Å²) >= 11 is 1.58. The number of sulfone groups is 1. The normalized spacial score (nSPS) is 11.9. The lowest BCUT2D eigenvalue weighted by Gasteiger charge is -2.01. The number of anilines is 1. The van der Waals surface area contributed by atoms with E-state index in [1.165, 1.54) is 10.9 Å². The molecule has 1 rings (SSSR count). The first-order valence-corrected chi connectivity index (χ1v) is 7.61. The summed E-state index contributed by atoms with van der Waals surface area (Å²) in [6.45, 7) is 2.34. The van der Waals surface area contributed by atoms with Crippen molar-refractivity contribution < 1.29 is 8.42 Å². The van der Waals surface area contributed by atoms with Gasteiger partial charge < -0.3 is 5.73 Å². The third kappa shape index (κ3) is 4.13. The van der Waals surface area contributed by atoms with Crippen molar-refractivity contribution in [3.63, 3.8) is 0 Å². The van der Waals surface area contributed by atoms with Crippen molar-refractivity contribution in [2.45, 2.75) is 18.5 Å². The van der Waals surface area contributed by atoms with Gasteiger partial charge in [0.2, 0.25) is 0 Å². The highest BCUT2D eigenvalue weighted by Crippen LogP contribution is 2.18. The van der Waals surface area contributed by atoms with Crippen molar-refractivity contribution in [3.05, 3.63) is 6.07 Å². The van der Waals surface area contributed by atoms with Gasteiger partial charge in [-0.2, -0.15) is 5.10 Å². The number of thioether (sulfide) groups is 1. The molecule has 0 amide bonds. The van der Waals surface area contributed by atoms with Gasteiger partial charge >= 0.3 is 0 Å². The third-order valence-corrected chi connectivity index (χ3v) is 3.46. The monoisotopic (exact) mass is 249 g/mol. The van der Waals surface area contributed by atoms with E-state index in [0.29, 0.717) is 12.4 Å². The summed E-state index contributed by atoms with van der Waals surface area (Å²) in [5.41, 5.74) is 5.69. The standard InChI is InChI=1S/C8H15N3O2S2/c1-3-14-8-6-7(9)11(10-8)4-5-15(2,12)13/h6H,3-5,9H2,1-2H3. The molecule has 0 saturated heterocycles. The molecule has 0 saturated carbocycles. The van der Waals surface area contributed by atoms with Gasteiger partial charge in [0.05, 0.1) is 12.3 Å². The highest BCUT2D eigenvalue weighted by Gasteiger charge is 2.08. The van der Waals surface area contributed by atoms with Gasteiger partial charge in [0.15, 0.2) is 0 Å². The Hall–Kier alpha value is -0.690. The van der Waals surface area contributed by atoms with E-state index in [-0.39, 0.29) is 5.75 Å². The summed E-state index contributed by atoms with van der Waals surface area (Å²) in [6, 6.07) is 1.76. The quantitative estimate of drug-likeness (QED) is 0.774. The summed E-state index contributed by atoms with van der Waals surface area (Å²) in [5, 5.41) is 5.03. The first-order valence-electron chi connectivity index (χ1n) is 4.56. The summed E-state index contributed by atoms with van der Waals surface area (Å²) in [4.78, 5) is 0. The van der Waals surface area contributed by atoms with Crippen LogP contribution in [0.25, 0.3) is 0 Å². The molecule has 2 N–H and O–H groups in total. The zero-order chi connectivity index (χ0) is 11.5. The topological polar surface area (TPSA) is 78.0 Å². The van der Waals surface area contributed by atoms with Crippen LogP contribution in [0.2, 0.25) is 0 Å². The minimum atomic E-state index is -2.97. The minimum absolute atomic E-state index is 0.0646. The van der Waals surface area contributed by atoms with Crippen LogP contribution < -0.4 is 5.73 Å². The molecular weight excluding hydrogens is 234 g/mol. The second-order valence-corrected chi connectivity index (χ2v) is 6.74. The van der Waals surface area contributed by atoms with Gasteiger partial charge in [-0.15, -0.1) is 11.8 Å². The van der Waals surface area contributed by atoms with E-state index >= 15 is 0 Å². The maximum absolute atomic E-state index is 11.0. The molecule has 1 heterocycles. The van der Waals surface area contributed by atoms with Gasteiger partial charge in [0.1, 0.15) is 20.7 Å². The molecule has 0 bridgehead atoms. The fraction of sp³-hybridized carbons (Fsp3) is 0.625. The Morgan fingerprint density at radius 2 is 2.27 bits per heavy atom. The van der Waals surface area contributed by atoms with Crippen LogP contribution in [0, 0.1) is 0 Å². The zero-order valence-corrected chi connectivity index (χ0v) is 10.4. The predicted molar refractivity (Wildman–Crippen MR) is 62.7 cm³/mol. The van der Waals surface area contributed by atoms with E-state index in [9.17, 15) is 8.42 Å². The van der Waals surface area contributed by atoms with E-state index in [0.717, 1.165) is 10.8 Å². The van der Waals surface area contributed by atoms with Crippen LogP contribution in [-0.4, -0.2) is 36.0 Å². The van der Waals surface area contributed by atoms with E-state index in [1.807, 2.05) is 6.92 Å². The van der Waals surface area contributed by atoms with Crippen LogP contribution >= 0.6 is 11.8 Å². The molecule has 0 atom stereocenters. The maximum Gasteiger partial charge on any atom is 0.149 e. The Labute approximate surface area is 94.0 Å². The number of hydrogen-bond donors (Lipinski definition) is 1. The lowest BCUT2D eigenvalue weighted by atomic mass is 10.6. The molecule has 0 fully saturated rings. The SMILES string of the molecule is CCSc1cc(N)n(CCS(C)(=O)=O)n1. The van der Waals surface area contributed by atoms with Crippen molar-refractivity contribution in [3.8, 4) is 0 Å². The Morgan fingerprint density at radius 3 is 2.80 bits per heavy atom. The van der Waals surface area contributed by atoms with Crippen LogP contribution in [0.4, 0.5) is 5.82 Å². The van der Waals surface area contributed by atoms with Gasteiger partial charge in [-0.05, 0) is 5.75 Å². The Balaban J connectivity index is 2.69. The van der Waals surface area contributed by atoms with Crippen molar-refractivity contribution >= 4 is 27.4 Å². The van der Waals surface area contributed by atoms with Crippen LogP contribution in [0.5, 0.6) is 0 Å². The molecule has 0 radical (unpaired) electrons. The maximum atomic E-state index is 11.0. The predicted octanol–water partition coefficient (Wildman–Crippen LogP) is 0.622. The average Bonchev–Trinajstić information content (AvgIpc) is 2.42. The molecular formula is C8H15N3O2S2. The molecule has 0 spiro atoms. The second-order valence-electron chi connectivity index (χ2n) is 3.19. The van der Waals surface area contributed by atoms with Crippen molar-refractivity contribution in [1.82, 2.24) is 9.78 Å². The lowest BCUT2D eigenvalue weighted by molar-refractivity contribution is 0.585. The number of aryl methyl sites for hydroxylation is 1. The number of hydrogen-bond acceptors (Lipinski definition) is 5. The number of rotatable bonds is 5. The molecule has 0 aromatic carbocycles. The summed E-state index contributed by atoms with van der Waals surface area (Å²) < 4.78 is 23.4. The summed E-state index contributed by atoms with van der Waals surface area (Å²) in [7, 11) is -2.97. The van der Waals surface area contributed by atoms with E-state index < -0.39 is 9.84 Å². The van der Waals surface area contributed by atoms with Crippen molar-refractivity contribution in [1.29, 1.82) is 0 Å². The van der Waals surface area contributed by atoms with Crippen molar-refractivity contribution in [2.24, 2.45) is 0 Å². The van der Waals surface area contributed by atoms with Gasteiger partial charge in [-0.3, -0.25) is 0 Å². The minimum Gasteiger partial charge on any atom is -0.384 e. The Kier molecular flexibility index (Phi) is 4.04. The van der Waals surface area contributed by atoms with Crippen LogP contribution in [0.1, 0.15) is 6.92 Å². The number of nitrogens with zero attached hydrogens (tertiary/aromatic N) is 2. The second kappa shape index (κ2) is 4.89. The molecule has 0 aliphatic heterocycles. The van der Waals surface area contributed by atoms with Gasteiger partial charge in [0, 0.05) is 12.3 Å². The molecule has 0 aliphatic rings. The van der Waals surface area contributed by atoms with E-state index in [2.05, 4.69) is 5.10 Å². The molecule has 0 unspecified atom stereocenters. The largest absolute Gasteiger partial charge is 0.384 e. The highest BCUT2D eigenvalue weighted by atomic mass is 32.2. The summed E-state index contributed by atoms with van der Waals surface area (Å²) in [6.07, 6.45) is 1.20. The fourth-order valence-corrected chi connectivity index (χ4v) is 2.22. The highest BCUT2D eigenvalue weighted by molar-refractivity contribution is 7.99. The lowest BCUT2D eigenvalue weighted by Crippen LogP contribution is -2.13. The first kappa shape index (κ1) is 12.4. The smallest absolute Gasteiger partial charge is 0.149 e. The molecule has 0 aliphatic carbocycles. The van der Waals surface area contributed by atoms with Gasteiger partial charge in [-0.25, -0.2) is 13.1 Å². The zero-order valence-electron chi connectivity index (χ0n) is 8.80. The number of nitrogen functional groups attached to an aromatic ring is 1. The van der Waals surface area contributed by atoms with Crippen LogP contribution in [0.3, 0.4) is 0 Å². The van der Waals surface area contributed by atoms with E-state index in [1.54, 1.807) is 17.8 Å². The molecule has 15 heavy (non-hydrogen) atoms. The number of aromatic nitrogens is 2. The fourth-order valence-electron chi connectivity index (χ4n) is 1.06. The van der Waals surface area contributed by atoms with Crippen LogP contribution in [-0.2, 0) is 16.4 Å². The Bertz CT molecular complexity index is 425. The molecule has 1 aromatic heterocycles. The Morgan fingerprint density at radius 1 is 1.60 bits per heavy atom. The summed E-state index contributed by atoms with van der Waals surface area (Å²) in [5.74, 6) is 1.49. The third-order valence-electron chi connectivity index (χ3n) is 1.75. The number of nitrogens with two attached hydrogens (primary N) is 1. The molecule has 5 nitrogen and oxygen atoms in total. The average molecular weight is 249 g/mol. The molecule has 86 valence electrons. The molecule has 7 heteroatoms. The molecule has 1 aromatic rings. The van der Waals surface area contributed by atoms with Crippen molar-refractivity contribution in [2.75, 3.05) is 23.5 Å².